The van der Waals surface area contributed by atoms with E-state index in [0.29, 0.717) is 5.56 Å². The maximum atomic E-state index is 11.2. The van der Waals surface area contributed by atoms with Crippen LogP contribution >= 0.6 is 0 Å². The summed E-state index contributed by atoms with van der Waals surface area (Å²) in [5.41, 5.74) is 5.11. The second-order valence-electron chi connectivity index (χ2n) is 5.68. The van der Waals surface area contributed by atoms with Crippen molar-refractivity contribution in [3.63, 3.8) is 0 Å². The highest BCUT2D eigenvalue weighted by Gasteiger charge is 2.16. The summed E-state index contributed by atoms with van der Waals surface area (Å²) in [6.07, 6.45) is 1.06. The summed E-state index contributed by atoms with van der Waals surface area (Å²) in [5.74, 6) is -0.849. The number of hydrogen-bond donors (Lipinski definition) is 1. The molecule has 0 bridgehead atoms. The van der Waals surface area contributed by atoms with Crippen LogP contribution in [0, 0.1) is 6.92 Å². The molecule has 0 atom stereocenters. The first kappa shape index (κ1) is 13.8. The Morgan fingerprint density at radius 3 is 2.71 bits per heavy atom. The Kier molecular flexibility index (Phi) is 3.76. The van der Waals surface area contributed by atoms with Crippen LogP contribution in [-0.2, 0) is 19.5 Å². The van der Waals surface area contributed by atoms with Gasteiger partial charge in [0.15, 0.2) is 0 Å². The highest BCUT2D eigenvalue weighted by Crippen LogP contribution is 2.21. The fourth-order valence-corrected chi connectivity index (χ4v) is 2.95. The zero-order valence-corrected chi connectivity index (χ0v) is 12.2. The number of nitrogens with zero attached hydrogens (tertiary/aromatic N) is 1. The maximum Gasteiger partial charge on any atom is 0.335 e. The lowest BCUT2D eigenvalue weighted by Gasteiger charge is -2.28. The maximum absolute atomic E-state index is 11.2. The number of aryl methyl sites for hydroxylation is 1. The Morgan fingerprint density at radius 1 is 1.19 bits per heavy atom. The lowest BCUT2D eigenvalue weighted by molar-refractivity contribution is 0.0696. The highest BCUT2D eigenvalue weighted by molar-refractivity contribution is 5.89. The molecule has 0 aliphatic carbocycles. The van der Waals surface area contributed by atoms with Gasteiger partial charge in [0.05, 0.1) is 5.56 Å². The molecule has 0 radical (unpaired) electrons. The number of fused-ring (bicyclic) bond motifs is 1. The Hall–Kier alpha value is -2.13. The van der Waals surface area contributed by atoms with E-state index in [1.807, 2.05) is 19.1 Å². The van der Waals surface area contributed by atoms with Crippen LogP contribution in [0.5, 0.6) is 0 Å². The molecule has 2 aromatic carbocycles. The SMILES string of the molecule is Cc1ccc(CN2CCc3ccccc3C2)cc1C(=O)O. The standard InChI is InChI=1S/C18H19NO2/c1-13-6-7-14(10-17(13)18(20)21)11-19-9-8-15-4-2-3-5-16(15)12-19/h2-7,10H,8-9,11-12H2,1H3,(H,20,21). The summed E-state index contributed by atoms with van der Waals surface area (Å²) in [6, 6.07) is 14.3. The Bertz CT molecular complexity index is 679. The van der Waals surface area contributed by atoms with Crippen molar-refractivity contribution < 1.29 is 9.90 Å². The zero-order chi connectivity index (χ0) is 14.8. The lowest BCUT2D eigenvalue weighted by Crippen LogP contribution is -2.30. The summed E-state index contributed by atoms with van der Waals surface area (Å²) < 4.78 is 0. The van der Waals surface area contributed by atoms with Crippen molar-refractivity contribution in [2.45, 2.75) is 26.4 Å². The van der Waals surface area contributed by atoms with E-state index in [-0.39, 0.29) is 0 Å². The van der Waals surface area contributed by atoms with Crippen molar-refractivity contribution in [3.05, 3.63) is 70.3 Å². The molecule has 0 unspecified atom stereocenters. The molecule has 3 heteroatoms. The van der Waals surface area contributed by atoms with E-state index in [1.54, 1.807) is 6.07 Å². The number of carboxylic acid groups (broad SMARTS) is 1. The molecule has 3 nitrogen and oxygen atoms in total. The molecule has 2 aromatic rings. The zero-order valence-electron chi connectivity index (χ0n) is 12.2. The highest BCUT2D eigenvalue weighted by atomic mass is 16.4. The largest absolute Gasteiger partial charge is 0.478 e. The molecule has 0 fully saturated rings. The van der Waals surface area contributed by atoms with Gasteiger partial charge in [0.2, 0.25) is 0 Å². The first-order chi connectivity index (χ1) is 10.1. The van der Waals surface area contributed by atoms with E-state index in [2.05, 4.69) is 29.2 Å². The summed E-state index contributed by atoms with van der Waals surface area (Å²) in [4.78, 5) is 13.6. The smallest absolute Gasteiger partial charge is 0.335 e. The molecule has 0 amide bonds. The predicted molar refractivity (Wildman–Crippen MR) is 82.4 cm³/mol. The Labute approximate surface area is 124 Å². The van der Waals surface area contributed by atoms with Crippen molar-refractivity contribution in [1.82, 2.24) is 4.90 Å². The van der Waals surface area contributed by atoms with Gasteiger partial charge in [-0.1, -0.05) is 36.4 Å². The minimum Gasteiger partial charge on any atom is -0.478 e. The molecule has 3 rings (SSSR count). The summed E-state index contributed by atoms with van der Waals surface area (Å²) in [7, 11) is 0. The number of carbonyl (C=O) groups is 1. The monoisotopic (exact) mass is 281 g/mol. The molecule has 108 valence electrons. The van der Waals surface area contributed by atoms with Gasteiger partial charge in [-0.3, -0.25) is 4.90 Å². The third kappa shape index (κ3) is 2.98. The molecular weight excluding hydrogens is 262 g/mol. The molecular formula is C18H19NO2. The van der Waals surface area contributed by atoms with Crippen molar-refractivity contribution in [1.29, 1.82) is 0 Å². The summed E-state index contributed by atoms with van der Waals surface area (Å²) in [6.45, 7) is 4.60. The number of rotatable bonds is 3. The second-order valence-corrected chi connectivity index (χ2v) is 5.68. The molecule has 21 heavy (non-hydrogen) atoms. The summed E-state index contributed by atoms with van der Waals surface area (Å²) in [5, 5.41) is 9.21. The van der Waals surface area contributed by atoms with Crippen molar-refractivity contribution in [3.8, 4) is 0 Å². The number of carboxylic acids is 1. The van der Waals surface area contributed by atoms with Gasteiger partial charge >= 0.3 is 5.97 Å². The average Bonchev–Trinajstić information content (AvgIpc) is 2.49. The third-order valence-electron chi connectivity index (χ3n) is 4.15. The van der Waals surface area contributed by atoms with Gasteiger partial charge in [-0.25, -0.2) is 4.79 Å². The number of hydrogen-bond acceptors (Lipinski definition) is 2. The van der Waals surface area contributed by atoms with Gasteiger partial charge in [-0.15, -0.1) is 0 Å². The fourth-order valence-electron chi connectivity index (χ4n) is 2.95. The molecule has 0 aromatic heterocycles. The quantitative estimate of drug-likeness (QED) is 0.939. The second kappa shape index (κ2) is 5.70. The van der Waals surface area contributed by atoms with E-state index in [1.165, 1.54) is 11.1 Å². The molecule has 1 aliphatic rings. The van der Waals surface area contributed by atoms with Gasteiger partial charge < -0.3 is 5.11 Å². The van der Waals surface area contributed by atoms with Crippen LogP contribution in [-0.4, -0.2) is 22.5 Å². The van der Waals surface area contributed by atoms with Crippen LogP contribution < -0.4 is 0 Å². The van der Waals surface area contributed by atoms with Crippen LogP contribution in [0.4, 0.5) is 0 Å². The number of benzene rings is 2. The topological polar surface area (TPSA) is 40.5 Å². The lowest BCUT2D eigenvalue weighted by atomic mass is 9.99. The van der Waals surface area contributed by atoms with E-state index in [9.17, 15) is 9.90 Å². The first-order valence-corrected chi connectivity index (χ1v) is 7.25. The van der Waals surface area contributed by atoms with Crippen molar-refractivity contribution >= 4 is 5.97 Å². The van der Waals surface area contributed by atoms with Crippen LogP contribution in [0.25, 0.3) is 0 Å². The molecule has 0 saturated heterocycles. The fraction of sp³-hybridized carbons (Fsp3) is 0.278. The minimum atomic E-state index is -0.849. The van der Waals surface area contributed by atoms with Crippen LogP contribution in [0.15, 0.2) is 42.5 Å². The van der Waals surface area contributed by atoms with Gasteiger partial charge in [-0.05, 0) is 41.7 Å². The van der Waals surface area contributed by atoms with E-state index >= 15 is 0 Å². The van der Waals surface area contributed by atoms with E-state index in [4.69, 9.17) is 0 Å². The number of aromatic carboxylic acids is 1. The first-order valence-electron chi connectivity index (χ1n) is 7.25. The average molecular weight is 281 g/mol. The van der Waals surface area contributed by atoms with E-state index in [0.717, 1.165) is 37.2 Å². The predicted octanol–water partition coefficient (Wildman–Crippen LogP) is 3.25. The summed E-state index contributed by atoms with van der Waals surface area (Å²) >= 11 is 0. The molecule has 1 heterocycles. The van der Waals surface area contributed by atoms with Gasteiger partial charge in [0.1, 0.15) is 0 Å². The minimum absolute atomic E-state index is 0.407. The molecule has 1 aliphatic heterocycles. The van der Waals surface area contributed by atoms with Crippen molar-refractivity contribution in [2.75, 3.05) is 6.54 Å². The van der Waals surface area contributed by atoms with E-state index < -0.39 is 5.97 Å². The van der Waals surface area contributed by atoms with Gasteiger partial charge in [0.25, 0.3) is 0 Å². The Balaban J connectivity index is 1.76. The van der Waals surface area contributed by atoms with Crippen LogP contribution in [0.2, 0.25) is 0 Å². The van der Waals surface area contributed by atoms with Gasteiger partial charge in [0, 0.05) is 19.6 Å². The van der Waals surface area contributed by atoms with Crippen molar-refractivity contribution in [2.24, 2.45) is 0 Å². The molecule has 1 N–H and O–H groups in total. The molecule has 0 spiro atoms. The third-order valence-corrected chi connectivity index (χ3v) is 4.15. The van der Waals surface area contributed by atoms with Crippen LogP contribution in [0.1, 0.15) is 32.6 Å². The van der Waals surface area contributed by atoms with Crippen LogP contribution in [0.3, 0.4) is 0 Å². The Morgan fingerprint density at radius 2 is 1.95 bits per heavy atom. The van der Waals surface area contributed by atoms with Gasteiger partial charge in [-0.2, -0.15) is 0 Å². The normalized spacial score (nSPS) is 14.7. The molecule has 0 saturated carbocycles.